The first kappa shape index (κ1) is 11.5. The molecule has 0 spiro atoms. The van der Waals surface area contributed by atoms with E-state index in [1.165, 1.54) is 13.2 Å². The van der Waals surface area contributed by atoms with Gasteiger partial charge in [0.05, 0.1) is 21.9 Å². The normalized spacial score (nSPS) is 10.7. The van der Waals surface area contributed by atoms with Crippen LogP contribution in [0, 0.1) is 0 Å². The molecule has 0 saturated heterocycles. The fourth-order valence-corrected chi connectivity index (χ4v) is 3.15. The van der Waals surface area contributed by atoms with Gasteiger partial charge in [-0.3, -0.25) is 0 Å². The number of hydrogen-bond donors (Lipinski definition) is 1. The van der Waals surface area contributed by atoms with Crippen LogP contribution in [0.3, 0.4) is 0 Å². The Morgan fingerprint density at radius 2 is 2.06 bits per heavy atom. The van der Waals surface area contributed by atoms with Crippen LogP contribution in [0.1, 0.15) is 9.67 Å². The molecule has 3 nitrogen and oxygen atoms in total. The van der Waals surface area contributed by atoms with Gasteiger partial charge in [-0.05, 0) is 12.1 Å². The molecule has 1 aromatic carbocycles. The summed E-state index contributed by atoms with van der Waals surface area (Å²) in [5.74, 6) is -0.533. The summed E-state index contributed by atoms with van der Waals surface area (Å²) in [7, 11) is 1.48. The third kappa shape index (κ3) is 1.73. The van der Waals surface area contributed by atoms with Crippen molar-refractivity contribution in [3.8, 4) is 5.75 Å². The highest BCUT2D eigenvalue weighted by Gasteiger charge is 2.16. The van der Waals surface area contributed by atoms with Crippen LogP contribution in [0.15, 0.2) is 12.1 Å². The summed E-state index contributed by atoms with van der Waals surface area (Å²) < 4.78 is 5.78. The number of thiophene rings is 1. The van der Waals surface area contributed by atoms with Crippen LogP contribution in [0.25, 0.3) is 10.1 Å². The minimum absolute atomic E-state index is 0.206. The van der Waals surface area contributed by atoms with Crippen molar-refractivity contribution in [1.29, 1.82) is 0 Å². The summed E-state index contributed by atoms with van der Waals surface area (Å²) in [5, 5.41) is 10.3. The molecule has 84 valence electrons. The first-order valence-electron chi connectivity index (χ1n) is 4.23. The van der Waals surface area contributed by atoms with Gasteiger partial charge in [-0.2, -0.15) is 0 Å². The Morgan fingerprint density at radius 1 is 1.38 bits per heavy atom. The monoisotopic (exact) mass is 276 g/mol. The molecule has 0 radical (unpaired) electrons. The van der Waals surface area contributed by atoms with Gasteiger partial charge in [0, 0.05) is 5.39 Å². The van der Waals surface area contributed by atoms with Gasteiger partial charge in [-0.15, -0.1) is 11.3 Å². The molecular weight excluding hydrogens is 271 g/mol. The third-order valence-corrected chi connectivity index (χ3v) is 3.80. The van der Waals surface area contributed by atoms with Crippen LogP contribution in [-0.2, 0) is 0 Å². The molecular formula is C10H6Cl2O3S. The van der Waals surface area contributed by atoms with Gasteiger partial charge >= 0.3 is 5.97 Å². The Kier molecular flexibility index (Phi) is 2.97. The smallest absolute Gasteiger partial charge is 0.345 e. The molecule has 0 aliphatic carbocycles. The fourth-order valence-electron chi connectivity index (χ4n) is 1.40. The second kappa shape index (κ2) is 4.13. The maximum absolute atomic E-state index is 10.9. The first-order valence-corrected chi connectivity index (χ1v) is 5.80. The second-order valence-corrected chi connectivity index (χ2v) is 4.90. The van der Waals surface area contributed by atoms with Gasteiger partial charge in [0.15, 0.2) is 5.75 Å². The Morgan fingerprint density at radius 3 is 2.62 bits per heavy atom. The molecule has 0 aliphatic heterocycles. The standard InChI is InChI=1S/C10H6Cl2O3S/c1-15-8-6(12)3-5(11)4-2-7(10(13)14)16-9(4)8/h2-3H,1H3,(H,13,14). The van der Waals surface area contributed by atoms with Crippen LogP contribution in [-0.4, -0.2) is 18.2 Å². The number of halogens is 2. The lowest BCUT2D eigenvalue weighted by molar-refractivity contribution is 0.0702. The average molecular weight is 277 g/mol. The van der Waals surface area contributed by atoms with Crippen molar-refractivity contribution in [2.75, 3.05) is 7.11 Å². The van der Waals surface area contributed by atoms with Crippen molar-refractivity contribution in [3.05, 3.63) is 27.1 Å². The van der Waals surface area contributed by atoms with Crippen molar-refractivity contribution < 1.29 is 14.6 Å². The van der Waals surface area contributed by atoms with E-state index in [1.54, 1.807) is 6.07 Å². The number of rotatable bonds is 2. The second-order valence-electron chi connectivity index (χ2n) is 3.03. The average Bonchev–Trinajstić information content (AvgIpc) is 2.63. The molecule has 0 atom stereocenters. The molecule has 1 aromatic heterocycles. The molecule has 1 N–H and O–H groups in total. The topological polar surface area (TPSA) is 46.5 Å². The number of benzene rings is 1. The van der Waals surface area contributed by atoms with Crippen molar-refractivity contribution in [3.63, 3.8) is 0 Å². The van der Waals surface area contributed by atoms with Gasteiger partial charge in [-0.1, -0.05) is 23.2 Å². The Bertz CT molecular complexity index is 577. The van der Waals surface area contributed by atoms with Gasteiger partial charge in [0.1, 0.15) is 4.88 Å². The number of methoxy groups -OCH3 is 1. The number of carboxylic acid groups (broad SMARTS) is 1. The van der Waals surface area contributed by atoms with Crippen LogP contribution in [0.5, 0.6) is 5.75 Å². The van der Waals surface area contributed by atoms with Gasteiger partial charge in [-0.25, -0.2) is 4.79 Å². The lowest BCUT2D eigenvalue weighted by Crippen LogP contribution is -1.89. The lowest BCUT2D eigenvalue weighted by Gasteiger charge is -2.04. The number of hydrogen-bond acceptors (Lipinski definition) is 3. The zero-order valence-corrected chi connectivity index (χ0v) is 10.4. The SMILES string of the molecule is COc1c(Cl)cc(Cl)c2cc(C(=O)O)sc12. The Hall–Kier alpha value is -0.970. The molecule has 0 aliphatic rings. The van der Waals surface area contributed by atoms with E-state index in [9.17, 15) is 4.79 Å². The predicted octanol–water partition coefficient (Wildman–Crippen LogP) is 3.91. The number of aromatic carboxylic acids is 1. The molecule has 0 fully saturated rings. The van der Waals surface area contributed by atoms with Crippen LogP contribution >= 0.6 is 34.5 Å². The molecule has 0 saturated carbocycles. The van der Waals surface area contributed by atoms with E-state index < -0.39 is 5.97 Å². The highest BCUT2D eigenvalue weighted by Crippen LogP contribution is 2.42. The summed E-state index contributed by atoms with van der Waals surface area (Å²) in [6.45, 7) is 0. The molecule has 0 amide bonds. The molecule has 6 heteroatoms. The summed E-state index contributed by atoms with van der Waals surface area (Å²) in [4.78, 5) is 11.1. The van der Waals surface area contributed by atoms with E-state index in [4.69, 9.17) is 33.0 Å². The summed E-state index contributed by atoms with van der Waals surface area (Å²) in [6, 6.07) is 3.06. The van der Waals surface area contributed by atoms with Crippen LogP contribution in [0.2, 0.25) is 10.0 Å². The number of fused-ring (bicyclic) bond motifs is 1. The summed E-state index contributed by atoms with van der Waals surface area (Å²) >= 11 is 13.0. The quantitative estimate of drug-likeness (QED) is 0.905. The van der Waals surface area contributed by atoms with E-state index in [1.807, 2.05) is 0 Å². The molecule has 16 heavy (non-hydrogen) atoms. The molecule has 1 heterocycles. The molecule has 0 unspecified atom stereocenters. The Labute approximate surface area is 105 Å². The van der Waals surface area contributed by atoms with Crippen molar-refractivity contribution in [2.24, 2.45) is 0 Å². The molecule has 2 aromatic rings. The van der Waals surface area contributed by atoms with Gasteiger partial charge < -0.3 is 9.84 Å². The van der Waals surface area contributed by atoms with Crippen molar-refractivity contribution in [1.82, 2.24) is 0 Å². The van der Waals surface area contributed by atoms with Crippen LogP contribution < -0.4 is 4.74 Å². The van der Waals surface area contributed by atoms with E-state index in [0.717, 1.165) is 11.3 Å². The molecule has 2 rings (SSSR count). The third-order valence-electron chi connectivity index (χ3n) is 2.08. The summed E-state index contributed by atoms with van der Waals surface area (Å²) in [5.41, 5.74) is 0. The highest BCUT2D eigenvalue weighted by atomic mass is 35.5. The van der Waals surface area contributed by atoms with E-state index >= 15 is 0 Å². The van der Waals surface area contributed by atoms with E-state index in [-0.39, 0.29) is 4.88 Å². The van der Waals surface area contributed by atoms with E-state index in [0.29, 0.717) is 25.9 Å². The zero-order chi connectivity index (χ0) is 11.9. The highest BCUT2D eigenvalue weighted by molar-refractivity contribution is 7.21. The Balaban J connectivity index is 2.83. The van der Waals surface area contributed by atoms with Crippen molar-refractivity contribution >= 4 is 50.6 Å². The maximum atomic E-state index is 10.9. The minimum atomic E-state index is -0.990. The number of carboxylic acids is 1. The first-order chi connectivity index (χ1) is 7.54. The fraction of sp³-hybridized carbons (Fsp3) is 0.100. The number of carbonyl (C=O) groups is 1. The van der Waals surface area contributed by atoms with Crippen LogP contribution in [0.4, 0.5) is 0 Å². The van der Waals surface area contributed by atoms with E-state index in [2.05, 4.69) is 0 Å². The largest absolute Gasteiger partial charge is 0.494 e. The maximum Gasteiger partial charge on any atom is 0.345 e. The van der Waals surface area contributed by atoms with Gasteiger partial charge in [0.25, 0.3) is 0 Å². The summed E-state index contributed by atoms with van der Waals surface area (Å²) in [6.07, 6.45) is 0. The molecule has 0 bridgehead atoms. The minimum Gasteiger partial charge on any atom is -0.494 e. The predicted molar refractivity (Wildman–Crippen MR) is 65.4 cm³/mol. The van der Waals surface area contributed by atoms with Crippen molar-refractivity contribution in [2.45, 2.75) is 0 Å². The number of ether oxygens (including phenoxy) is 1. The lowest BCUT2D eigenvalue weighted by atomic mass is 10.2. The van der Waals surface area contributed by atoms with Gasteiger partial charge in [0.2, 0.25) is 0 Å². The zero-order valence-electron chi connectivity index (χ0n) is 8.08.